The molecular weight excluding hydrogens is 282 g/mol. The minimum absolute atomic E-state index is 0.151. The summed E-state index contributed by atoms with van der Waals surface area (Å²) in [7, 11) is 1.57. The molecule has 0 spiro atoms. The van der Waals surface area contributed by atoms with Crippen LogP contribution in [0, 0.1) is 11.6 Å². The number of carbonyl (C=O) groups excluding carboxylic acids is 1. The van der Waals surface area contributed by atoms with Gasteiger partial charge in [-0.1, -0.05) is 6.07 Å². The van der Waals surface area contributed by atoms with E-state index < -0.39 is 11.6 Å². The molecule has 0 atom stereocenters. The van der Waals surface area contributed by atoms with E-state index in [4.69, 9.17) is 4.74 Å². The summed E-state index contributed by atoms with van der Waals surface area (Å²) in [5.74, 6) is -1.37. The molecule has 0 aliphatic rings. The van der Waals surface area contributed by atoms with Gasteiger partial charge in [0.1, 0.15) is 5.75 Å². The number of ketones is 1. The Hall–Kier alpha value is -1.88. The van der Waals surface area contributed by atoms with Crippen LogP contribution in [0.2, 0.25) is 0 Å². The molecule has 2 rings (SSSR count). The molecule has 0 saturated heterocycles. The maximum Gasteiger partial charge on any atom is 0.173 e. The van der Waals surface area contributed by atoms with Crippen molar-refractivity contribution in [2.24, 2.45) is 0 Å². The lowest BCUT2D eigenvalue weighted by atomic mass is 10.1. The lowest BCUT2D eigenvalue weighted by molar-refractivity contribution is 0.102. The van der Waals surface area contributed by atoms with Gasteiger partial charge in [-0.3, -0.25) is 4.79 Å². The largest absolute Gasteiger partial charge is 0.497 e. The number of ether oxygens (including phenoxy) is 1. The van der Waals surface area contributed by atoms with Gasteiger partial charge in [0.05, 0.1) is 12.9 Å². The molecule has 0 aromatic heterocycles. The zero-order valence-corrected chi connectivity index (χ0v) is 11.5. The van der Waals surface area contributed by atoms with Crippen molar-refractivity contribution in [3.63, 3.8) is 0 Å². The Morgan fingerprint density at radius 1 is 1.15 bits per heavy atom. The molecule has 0 saturated carbocycles. The van der Waals surface area contributed by atoms with Crippen LogP contribution >= 0.6 is 11.8 Å². The van der Waals surface area contributed by atoms with Crippen LogP contribution in [-0.2, 0) is 0 Å². The molecule has 0 heterocycles. The van der Waals surface area contributed by atoms with Crippen LogP contribution in [-0.4, -0.2) is 18.6 Å². The highest BCUT2D eigenvalue weighted by molar-refractivity contribution is 8.00. The lowest BCUT2D eigenvalue weighted by Crippen LogP contribution is -2.03. The van der Waals surface area contributed by atoms with Crippen LogP contribution in [0.15, 0.2) is 47.4 Å². The molecule has 0 aliphatic heterocycles. The highest BCUT2D eigenvalue weighted by Gasteiger charge is 2.10. The third-order valence-electron chi connectivity index (χ3n) is 2.65. The Labute approximate surface area is 119 Å². The van der Waals surface area contributed by atoms with Crippen LogP contribution in [0.4, 0.5) is 8.78 Å². The second-order valence-corrected chi connectivity index (χ2v) is 5.07. The van der Waals surface area contributed by atoms with Gasteiger partial charge >= 0.3 is 0 Å². The van der Waals surface area contributed by atoms with E-state index in [1.165, 1.54) is 17.8 Å². The van der Waals surface area contributed by atoms with Crippen LogP contribution in [0.25, 0.3) is 0 Å². The predicted molar refractivity (Wildman–Crippen MR) is 74.4 cm³/mol. The number of hydrogen-bond donors (Lipinski definition) is 0. The van der Waals surface area contributed by atoms with E-state index in [0.717, 1.165) is 17.0 Å². The molecule has 0 radical (unpaired) electrons. The number of halogens is 2. The number of rotatable bonds is 5. The maximum absolute atomic E-state index is 13.1. The van der Waals surface area contributed by atoms with Crippen LogP contribution in [0.5, 0.6) is 5.75 Å². The zero-order valence-electron chi connectivity index (χ0n) is 10.7. The highest BCUT2D eigenvalue weighted by Crippen LogP contribution is 2.23. The number of Topliss-reactive ketones (excluding diaryl/α,β-unsaturated/α-hetero) is 1. The first-order valence-electron chi connectivity index (χ1n) is 5.85. The van der Waals surface area contributed by atoms with Gasteiger partial charge in [-0.25, -0.2) is 8.78 Å². The second kappa shape index (κ2) is 6.52. The Bertz CT molecular complexity index is 629. The summed E-state index contributed by atoms with van der Waals surface area (Å²) in [6.45, 7) is 0. The number of methoxy groups -OCH3 is 1. The van der Waals surface area contributed by atoms with Gasteiger partial charge in [-0.05, 0) is 36.4 Å². The van der Waals surface area contributed by atoms with E-state index in [2.05, 4.69) is 0 Å². The number of benzene rings is 2. The number of thioether (sulfide) groups is 1. The number of carbonyl (C=O) groups is 1. The summed E-state index contributed by atoms with van der Waals surface area (Å²) in [4.78, 5) is 12.8. The summed E-state index contributed by atoms with van der Waals surface area (Å²) >= 11 is 1.32. The van der Waals surface area contributed by atoms with Crippen molar-refractivity contribution >= 4 is 17.5 Å². The fraction of sp³-hybridized carbons (Fsp3) is 0.133. The minimum Gasteiger partial charge on any atom is -0.497 e. The average molecular weight is 294 g/mol. The molecule has 104 valence electrons. The molecule has 5 heteroatoms. The van der Waals surface area contributed by atoms with Crippen molar-refractivity contribution in [3.05, 3.63) is 59.7 Å². The zero-order chi connectivity index (χ0) is 14.5. The molecule has 0 aliphatic carbocycles. The van der Waals surface area contributed by atoms with Crippen molar-refractivity contribution in [1.29, 1.82) is 0 Å². The summed E-state index contributed by atoms with van der Waals surface area (Å²) in [5.41, 5.74) is 0.166. The Kier molecular flexibility index (Phi) is 4.74. The average Bonchev–Trinajstić information content (AvgIpc) is 2.47. The fourth-order valence-corrected chi connectivity index (χ4v) is 2.43. The molecule has 0 fully saturated rings. The molecule has 2 nitrogen and oxygen atoms in total. The minimum atomic E-state index is -1.01. The lowest BCUT2D eigenvalue weighted by Gasteiger charge is -2.04. The van der Waals surface area contributed by atoms with Gasteiger partial charge in [0.15, 0.2) is 17.4 Å². The van der Waals surface area contributed by atoms with Crippen LogP contribution in [0.3, 0.4) is 0 Å². The third-order valence-corrected chi connectivity index (χ3v) is 3.65. The van der Waals surface area contributed by atoms with E-state index in [-0.39, 0.29) is 17.1 Å². The van der Waals surface area contributed by atoms with Gasteiger partial charge in [0.2, 0.25) is 0 Å². The smallest absolute Gasteiger partial charge is 0.173 e. The van der Waals surface area contributed by atoms with E-state index in [0.29, 0.717) is 5.75 Å². The molecule has 0 unspecified atom stereocenters. The highest BCUT2D eigenvalue weighted by atomic mass is 32.2. The van der Waals surface area contributed by atoms with Gasteiger partial charge in [0, 0.05) is 10.5 Å². The summed E-state index contributed by atoms with van der Waals surface area (Å²) in [5, 5.41) is 0. The first kappa shape index (κ1) is 14.5. The van der Waals surface area contributed by atoms with Gasteiger partial charge in [-0.15, -0.1) is 11.8 Å². The molecule has 2 aromatic carbocycles. The van der Waals surface area contributed by atoms with E-state index in [1.54, 1.807) is 13.2 Å². The van der Waals surface area contributed by atoms with Crippen molar-refractivity contribution in [2.45, 2.75) is 4.90 Å². The quantitative estimate of drug-likeness (QED) is 0.617. The van der Waals surface area contributed by atoms with Gasteiger partial charge in [-0.2, -0.15) is 0 Å². The molecule has 2 aromatic rings. The summed E-state index contributed by atoms with van der Waals surface area (Å²) < 4.78 is 30.9. The van der Waals surface area contributed by atoms with Gasteiger partial charge in [0.25, 0.3) is 0 Å². The topological polar surface area (TPSA) is 26.3 Å². The normalized spacial score (nSPS) is 10.3. The molecule has 0 amide bonds. The third kappa shape index (κ3) is 3.57. The number of hydrogen-bond acceptors (Lipinski definition) is 3. The second-order valence-electron chi connectivity index (χ2n) is 4.02. The van der Waals surface area contributed by atoms with Crippen LogP contribution in [0.1, 0.15) is 10.4 Å². The molecule has 0 N–H and O–H groups in total. The maximum atomic E-state index is 13.1. The van der Waals surface area contributed by atoms with Crippen molar-refractivity contribution in [2.75, 3.05) is 12.9 Å². The first-order chi connectivity index (χ1) is 9.60. The first-order valence-corrected chi connectivity index (χ1v) is 6.84. The summed E-state index contributed by atoms with van der Waals surface area (Å²) in [6, 6.07) is 10.5. The van der Waals surface area contributed by atoms with Crippen molar-refractivity contribution in [3.8, 4) is 5.75 Å². The molecule has 0 bridgehead atoms. The SMILES string of the molecule is COc1cccc(SCC(=O)c2ccc(F)c(F)c2)c1. The van der Waals surface area contributed by atoms with Crippen LogP contribution < -0.4 is 4.74 Å². The molecular formula is C15H12F2O2S. The summed E-state index contributed by atoms with van der Waals surface area (Å²) in [6.07, 6.45) is 0. The monoisotopic (exact) mass is 294 g/mol. The molecule has 20 heavy (non-hydrogen) atoms. The van der Waals surface area contributed by atoms with Crippen molar-refractivity contribution in [1.82, 2.24) is 0 Å². The van der Waals surface area contributed by atoms with Gasteiger partial charge < -0.3 is 4.74 Å². The Morgan fingerprint density at radius 3 is 2.65 bits per heavy atom. The van der Waals surface area contributed by atoms with Crippen molar-refractivity contribution < 1.29 is 18.3 Å². The fourth-order valence-electron chi connectivity index (χ4n) is 1.59. The van der Waals surface area contributed by atoms with E-state index in [9.17, 15) is 13.6 Å². The van der Waals surface area contributed by atoms with E-state index >= 15 is 0 Å². The van der Waals surface area contributed by atoms with E-state index in [1.807, 2.05) is 18.2 Å². The standard InChI is InChI=1S/C15H12F2O2S/c1-19-11-3-2-4-12(8-11)20-9-15(18)10-5-6-13(16)14(17)7-10/h2-8H,9H2,1H3. The Morgan fingerprint density at radius 2 is 1.95 bits per heavy atom. The predicted octanol–water partition coefficient (Wildman–Crippen LogP) is 3.95. The Balaban J connectivity index is 2.02.